The van der Waals surface area contributed by atoms with Gasteiger partial charge in [-0.1, -0.05) is 0 Å². The lowest BCUT2D eigenvalue weighted by atomic mass is 10.0. The minimum atomic E-state index is -0.595. The molecule has 0 amide bonds. The Hall–Kier alpha value is -0.280. The molecule has 3 nitrogen and oxygen atoms in total. The lowest BCUT2D eigenvalue weighted by molar-refractivity contribution is -0.139. The van der Waals surface area contributed by atoms with Crippen molar-refractivity contribution in [2.75, 3.05) is 13.1 Å². The normalized spacial score (nSPS) is 38.8. The van der Waals surface area contributed by atoms with Crippen LogP contribution in [0, 0.1) is 17.8 Å². The molecule has 3 unspecified atom stereocenters. The van der Waals surface area contributed by atoms with Crippen LogP contribution in [0.5, 0.6) is 0 Å². The number of halogens is 1. The Morgan fingerprint density at radius 3 is 2.67 bits per heavy atom. The average molecular weight is 192 g/mol. The molecule has 4 heteroatoms. The molecular formula is C8H14ClNO2. The van der Waals surface area contributed by atoms with Crippen molar-refractivity contribution in [2.24, 2.45) is 17.8 Å². The second kappa shape index (κ2) is 3.62. The number of hydrogen-bond donors (Lipinski definition) is 2. The van der Waals surface area contributed by atoms with E-state index in [-0.39, 0.29) is 18.3 Å². The molecule has 1 saturated heterocycles. The highest BCUT2D eigenvalue weighted by Crippen LogP contribution is 2.46. The highest BCUT2D eigenvalue weighted by atomic mass is 35.5. The van der Waals surface area contributed by atoms with Crippen LogP contribution in [0.2, 0.25) is 0 Å². The minimum Gasteiger partial charge on any atom is -0.481 e. The van der Waals surface area contributed by atoms with Crippen molar-refractivity contribution < 1.29 is 9.90 Å². The Morgan fingerprint density at radius 2 is 2.25 bits per heavy atom. The van der Waals surface area contributed by atoms with E-state index in [1.165, 1.54) is 6.42 Å². The molecule has 0 aromatic rings. The number of carboxylic acid groups (broad SMARTS) is 1. The van der Waals surface area contributed by atoms with Gasteiger partial charge in [-0.05, 0) is 37.8 Å². The zero-order valence-electron chi connectivity index (χ0n) is 6.82. The minimum absolute atomic E-state index is 0. The molecule has 0 bridgehead atoms. The molecule has 0 aromatic heterocycles. The van der Waals surface area contributed by atoms with Crippen molar-refractivity contribution in [3.8, 4) is 0 Å². The van der Waals surface area contributed by atoms with Crippen molar-refractivity contribution in [1.29, 1.82) is 0 Å². The summed E-state index contributed by atoms with van der Waals surface area (Å²) in [6, 6.07) is 0. The predicted octanol–water partition coefficient (Wildman–Crippen LogP) is 0.738. The summed E-state index contributed by atoms with van der Waals surface area (Å²) in [6.07, 6.45) is 2.09. The molecule has 1 heterocycles. The van der Waals surface area contributed by atoms with E-state index >= 15 is 0 Å². The fraction of sp³-hybridized carbons (Fsp3) is 0.875. The maximum absolute atomic E-state index is 10.5. The molecular weight excluding hydrogens is 178 g/mol. The fourth-order valence-corrected chi connectivity index (χ4v) is 2.06. The second-order valence-electron chi connectivity index (χ2n) is 3.60. The molecule has 2 fully saturated rings. The van der Waals surface area contributed by atoms with Gasteiger partial charge in [0.15, 0.2) is 0 Å². The first-order valence-corrected chi connectivity index (χ1v) is 4.22. The van der Waals surface area contributed by atoms with Crippen LogP contribution in [0.3, 0.4) is 0 Å². The topological polar surface area (TPSA) is 49.3 Å². The average Bonchev–Trinajstić information content (AvgIpc) is 2.60. The molecule has 3 atom stereocenters. The first-order valence-electron chi connectivity index (χ1n) is 4.22. The molecule has 0 radical (unpaired) electrons. The van der Waals surface area contributed by atoms with Gasteiger partial charge in [-0.15, -0.1) is 12.4 Å². The standard InChI is InChI=1S/C8H13NO2.ClH/c10-8(11)7-3-6(7)5-1-2-9-4-5;/h5-7,9H,1-4H2,(H,10,11);1H. The highest BCUT2D eigenvalue weighted by molar-refractivity contribution is 5.85. The van der Waals surface area contributed by atoms with Gasteiger partial charge in [0, 0.05) is 0 Å². The molecule has 0 aromatic carbocycles. The Balaban J connectivity index is 0.000000720. The van der Waals surface area contributed by atoms with Crippen molar-refractivity contribution in [1.82, 2.24) is 5.32 Å². The SMILES string of the molecule is Cl.O=C(O)C1CC1C1CCNC1. The molecule has 0 spiro atoms. The third-order valence-electron chi connectivity index (χ3n) is 2.86. The van der Waals surface area contributed by atoms with E-state index in [1.54, 1.807) is 0 Å². The van der Waals surface area contributed by atoms with Gasteiger partial charge in [-0.2, -0.15) is 0 Å². The number of carbonyl (C=O) groups is 1. The molecule has 12 heavy (non-hydrogen) atoms. The van der Waals surface area contributed by atoms with E-state index in [4.69, 9.17) is 5.11 Å². The van der Waals surface area contributed by atoms with Gasteiger partial charge in [0.25, 0.3) is 0 Å². The Morgan fingerprint density at radius 1 is 1.50 bits per heavy atom. The lowest BCUT2D eigenvalue weighted by Gasteiger charge is -2.04. The predicted molar refractivity (Wildman–Crippen MR) is 47.5 cm³/mol. The second-order valence-corrected chi connectivity index (χ2v) is 3.60. The maximum atomic E-state index is 10.5. The van der Waals surface area contributed by atoms with Crippen LogP contribution in [0.4, 0.5) is 0 Å². The number of nitrogens with one attached hydrogen (secondary N) is 1. The van der Waals surface area contributed by atoms with Crippen LogP contribution < -0.4 is 5.32 Å². The van der Waals surface area contributed by atoms with Gasteiger partial charge in [-0.25, -0.2) is 0 Å². The van der Waals surface area contributed by atoms with E-state index in [2.05, 4.69) is 5.32 Å². The van der Waals surface area contributed by atoms with Gasteiger partial charge in [0.1, 0.15) is 0 Å². The summed E-state index contributed by atoms with van der Waals surface area (Å²) < 4.78 is 0. The van der Waals surface area contributed by atoms with Gasteiger partial charge >= 0.3 is 5.97 Å². The Kier molecular flexibility index (Phi) is 2.96. The van der Waals surface area contributed by atoms with Crippen LogP contribution in [0.15, 0.2) is 0 Å². The summed E-state index contributed by atoms with van der Waals surface area (Å²) in [5.74, 6) is 0.528. The number of aliphatic carboxylic acids is 1. The Bertz CT molecular complexity index is 180. The Labute approximate surface area is 77.9 Å². The van der Waals surface area contributed by atoms with Crippen LogP contribution in [0.25, 0.3) is 0 Å². The van der Waals surface area contributed by atoms with Crippen molar-refractivity contribution in [3.63, 3.8) is 0 Å². The number of carboxylic acids is 1. The van der Waals surface area contributed by atoms with E-state index in [0.717, 1.165) is 19.5 Å². The third kappa shape index (κ3) is 1.72. The zero-order chi connectivity index (χ0) is 7.84. The highest BCUT2D eigenvalue weighted by Gasteiger charge is 2.48. The van der Waals surface area contributed by atoms with E-state index < -0.39 is 5.97 Å². The molecule has 1 saturated carbocycles. The van der Waals surface area contributed by atoms with Gasteiger partial charge < -0.3 is 10.4 Å². The fourth-order valence-electron chi connectivity index (χ4n) is 2.06. The van der Waals surface area contributed by atoms with E-state index in [9.17, 15) is 4.79 Å². The maximum Gasteiger partial charge on any atom is 0.306 e. The smallest absolute Gasteiger partial charge is 0.306 e. The van der Waals surface area contributed by atoms with Crippen molar-refractivity contribution in [2.45, 2.75) is 12.8 Å². The van der Waals surface area contributed by atoms with Gasteiger partial charge in [0.05, 0.1) is 5.92 Å². The molecule has 70 valence electrons. The van der Waals surface area contributed by atoms with Crippen LogP contribution >= 0.6 is 12.4 Å². The third-order valence-corrected chi connectivity index (χ3v) is 2.86. The summed E-state index contributed by atoms with van der Waals surface area (Å²) in [5, 5.41) is 11.9. The zero-order valence-corrected chi connectivity index (χ0v) is 7.64. The summed E-state index contributed by atoms with van der Waals surface area (Å²) in [7, 11) is 0. The van der Waals surface area contributed by atoms with E-state index in [1.807, 2.05) is 0 Å². The summed E-state index contributed by atoms with van der Waals surface area (Å²) in [4.78, 5) is 10.5. The summed E-state index contributed by atoms with van der Waals surface area (Å²) >= 11 is 0. The van der Waals surface area contributed by atoms with Gasteiger partial charge in [0.2, 0.25) is 0 Å². The number of rotatable bonds is 2. The van der Waals surface area contributed by atoms with Crippen LogP contribution in [-0.2, 0) is 4.79 Å². The van der Waals surface area contributed by atoms with Crippen LogP contribution in [0.1, 0.15) is 12.8 Å². The molecule has 1 aliphatic heterocycles. The number of hydrogen-bond acceptors (Lipinski definition) is 2. The summed E-state index contributed by atoms with van der Waals surface area (Å²) in [5.41, 5.74) is 0. The molecule has 2 aliphatic rings. The van der Waals surface area contributed by atoms with E-state index in [0.29, 0.717) is 11.8 Å². The van der Waals surface area contributed by atoms with Crippen molar-refractivity contribution in [3.05, 3.63) is 0 Å². The van der Waals surface area contributed by atoms with Gasteiger partial charge in [-0.3, -0.25) is 4.79 Å². The molecule has 2 N–H and O–H groups in total. The monoisotopic (exact) mass is 191 g/mol. The first kappa shape index (κ1) is 9.81. The quantitative estimate of drug-likeness (QED) is 0.677. The summed E-state index contributed by atoms with van der Waals surface area (Å²) in [6.45, 7) is 2.11. The molecule has 1 aliphatic carbocycles. The largest absolute Gasteiger partial charge is 0.481 e. The van der Waals surface area contributed by atoms with Crippen LogP contribution in [-0.4, -0.2) is 24.2 Å². The van der Waals surface area contributed by atoms with Crippen molar-refractivity contribution >= 4 is 18.4 Å². The lowest BCUT2D eigenvalue weighted by Crippen LogP contribution is -2.12. The molecule has 2 rings (SSSR count). The first-order chi connectivity index (χ1) is 5.29.